The minimum Gasteiger partial charge on any atom is -0.382 e. The van der Waals surface area contributed by atoms with Crippen molar-refractivity contribution in [3.63, 3.8) is 0 Å². The van der Waals surface area contributed by atoms with Gasteiger partial charge >= 0.3 is 0 Å². The van der Waals surface area contributed by atoms with E-state index < -0.39 is 10.0 Å². The lowest BCUT2D eigenvalue weighted by Crippen LogP contribution is -2.40. The van der Waals surface area contributed by atoms with Gasteiger partial charge in [-0.25, -0.2) is 18.5 Å². The number of hydrogen-bond acceptors (Lipinski definition) is 5. The Morgan fingerprint density at radius 2 is 2.22 bits per heavy atom. The molecule has 0 bridgehead atoms. The fourth-order valence-corrected chi connectivity index (χ4v) is 3.55. The number of rotatable bonds is 9. The van der Waals surface area contributed by atoms with Crippen LogP contribution in [0.4, 0.5) is 0 Å². The van der Waals surface area contributed by atoms with Crippen LogP contribution in [0.15, 0.2) is 34.2 Å². The number of nitrogens with one attached hydrogen (secondary N) is 1. The molecule has 0 saturated carbocycles. The average Bonchev–Trinajstić information content (AvgIpc) is 3.10. The number of aliphatic imine (C=N–C) groups is 1. The summed E-state index contributed by atoms with van der Waals surface area (Å²) in [6, 6.07) is 6.58. The number of benzene rings is 1. The first-order valence-corrected chi connectivity index (χ1v) is 10.7. The molecular weight excluding hydrogens is 368 g/mol. The van der Waals surface area contributed by atoms with E-state index in [2.05, 4.69) is 15.2 Å². The minimum atomic E-state index is -3.71. The van der Waals surface area contributed by atoms with Crippen molar-refractivity contribution >= 4 is 16.0 Å². The Bertz CT molecular complexity index is 724. The average molecular weight is 399 g/mol. The molecule has 1 aromatic rings. The lowest BCUT2D eigenvalue weighted by molar-refractivity contribution is 0.0536. The van der Waals surface area contributed by atoms with E-state index in [4.69, 9.17) is 14.6 Å². The number of sulfonamides is 1. The fraction of sp³-hybridized carbons (Fsp3) is 0.611. The molecule has 152 valence electrons. The van der Waals surface area contributed by atoms with E-state index >= 15 is 0 Å². The van der Waals surface area contributed by atoms with Gasteiger partial charge < -0.3 is 19.7 Å². The number of guanidine groups is 1. The normalized spacial score (nSPS) is 18.1. The third-order valence-electron chi connectivity index (χ3n) is 4.34. The predicted molar refractivity (Wildman–Crippen MR) is 105 cm³/mol. The molecule has 27 heavy (non-hydrogen) atoms. The van der Waals surface area contributed by atoms with Gasteiger partial charge in [-0.05, 0) is 31.0 Å². The van der Waals surface area contributed by atoms with Gasteiger partial charge in [0.05, 0.1) is 31.3 Å². The lowest BCUT2D eigenvalue weighted by Gasteiger charge is -2.21. The third kappa shape index (κ3) is 7.10. The molecule has 0 aliphatic carbocycles. The van der Waals surface area contributed by atoms with Crippen molar-refractivity contribution in [3.8, 4) is 0 Å². The molecule has 9 heteroatoms. The number of hydrogen-bond donors (Lipinski definition) is 2. The van der Waals surface area contributed by atoms with E-state index in [0.29, 0.717) is 25.7 Å². The summed E-state index contributed by atoms with van der Waals surface area (Å²) in [5, 5.41) is 8.51. The molecule has 1 aliphatic heterocycles. The molecule has 2 rings (SSSR count). The molecule has 0 radical (unpaired) electrons. The first kappa shape index (κ1) is 21.6. The topological polar surface area (TPSA) is 106 Å². The molecule has 1 saturated heterocycles. The van der Waals surface area contributed by atoms with E-state index in [0.717, 1.165) is 44.2 Å². The molecular formula is C18H30N4O4S. The van der Waals surface area contributed by atoms with E-state index in [-0.39, 0.29) is 4.90 Å². The molecule has 3 N–H and O–H groups in total. The van der Waals surface area contributed by atoms with E-state index in [1.807, 2.05) is 13.0 Å². The Kier molecular flexibility index (Phi) is 8.49. The van der Waals surface area contributed by atoms with Crippen molar-refractivity contribution in [1.29, 1.82) is 0 Å². The number of methoxy groups -OCH3 is 1. The van der Waals surface area contributed by atoms with Crippen LogP contribution in [0.25, 0.3) is 0 Å². The highest BCUT2D eigenvalue weighted by atomic mass is 32.2. The van der Waals surface area contributed by atoms with Gasteiger partial charge in [0.15, 0.2) is 5.96 Å². The summed E-state index contributed by atoms with van der Waals surface area (Å²) in [5.41, 5.74) is 0.801. The van der Waals surface area contributed by atoms with Crippen LogP contribution in [0.3, 0.4) is 0 Å². The van der Waals surface area contributed by atoms with Crippen LogP contribution < -0.4 is 10.5 Å². The van der Waals surface area contributed by atoms with Gasteiger partial charge in [-0.1, -0.05) is 12.1 Å². The summed E-state index contributed by atoms with van der Waals surface area (Å²) >= 11 is 0. The van der Waals surface area contributed by atoms with Crippen LogP contribution in [0.2, 0.25) is 0 Å². The minimum absolute atomic E-state index is 0.106. The molecule has 0 amide bonds. The smallest absolute Gasteiger partial charge is 0.238 e. The second kappa shape index (κ2) is 10.6. The summed E-state index contributed by atoms with van der Waals surface area (Å²) in [7, 11) is -2.04. The molecule has 1 unspecified atom stereocenters. The number of nitrogens with zero attached hydrogens (tertiary/aromatic N) is 2. The van der Waals surface area contributed by atoms with Crippen LogP contribution >= 0.6 is 0 Å². The fourth-order valence-electron chi connectivity index (χ4n) is 2.97. The molecule has 8 nitrogen and oxygen atoms in total. The van der Waals surface area contributed by atoms with Gasteiger partial charge in [0.1, 0.15) is 0 Å². The van der Waals surface area contributed by atoms with E-state index in [9.17, 15) is 8.42 Å². The lowest BCUT2D eigenvalue weighted by atomic mass is 10.1. The predicted octanol–water partition coefficient (Wildman–Crippen LogP) is 0.784. The maximum absolute atomic E-state index is 11.5. The highest BCUT2D eigenvalue weighted by molar-refractivity contribution is 7.89. The summed E-state index contributed by atoms with van der Waals surface area (Å²) < 4.78 is 33.6. The Morgan fingerprint density at radius 1 is 1.41 bits per heavy atom. The molecule has 0 spiro atoms. The van der Waals surface area contributed by atoms with E-state index in [1.165, 1.54) is 6.07 Å². The van der Waals surface area contributed by atoms with Gasteiger partial charge in [0.25, 0.3) is 0 Å². The van der Waals surface area contributed by atoms with Gasteiger partial charge in [-0.15, -0.1) is 0 Å². The molecule has 1 aromatic carbocycles. The van der Waals surface area contributed by atoms with Crippen LogP contribution in [0.1, 0.15) is 18.9 Å². The highest BCUT2D eigenvalue weighted by Crippen LogP contribution is 2.17. The zero-order valence-electron chi connectivity index (χ0n) is 16.1. The van der Waals surface area contributed by atoms with Crippen LogP contribution in [-0.4, -0.2) is 65.8 Å². The third-order valence-corrected chi connectivity index (χ3v) is 5.26. The van der Waals surface area contributed by atoms with Crippen molar-refractivity contribution in [3.05, 3.63) is 29.8 Å². The van der Waals surface area contributed by atoms with Crippen LogP contribution in [0, 0.1) is 5.92 Å². The number of primary sulfonamides is 1. The van der Waals surface area contributed by atoms with Crippen LogP contribution in [-0.2, 0) is 26.0 Å². The van der Waals surface area contributed by atoms with Crippen LogP contribution in [0.5, 0.6) is 0 Å². The first-order chi connectivity index (χ1) is 12.9. The van der Waals surface area contributed by atoms with Crippen molar-refractivity contribution in [2.75, 3.05) is 46.6 Å². The first-order valence-electron chi connectivity index (χ1n) is 9.15. The number of ether oxygens (including phenoxy) is 2. The van der Waals surface area contributed by atoms with Gasteiger partial charge in [-0.2, -0.15) is 0 Å². The Morgan fingerprint density at radius 3 is 2.93 bits per heavy atom. The summed E-state index contributed by atoms with van der Waals surface area (Å²) in [6.07, 6.45) is 1.05. The van der Waals surface area contributed by atoms with Crippen molar-refractivity contribution < 1.29 is 17.9 Å². The van der Waals surface area contributed by atoms with Gasteiger partial charge in [-0.3, -0.25) is 0 Å². The summed E-state index contributed by atoms with van der Waals surface area (Å²) in [5.74, 6) is 1.30. The molecule has 0 aromatic heterocycles. The Hall–Kier alpha value is -1.68. The zero-order valence-corrected chi connectivity index (χ0v) is 16.9. The second-order valence-electron chi connectivity index (χ2n) is 6.53. The van der Waals surface area contributed by atoms with Gasteiger partial charge in [0, 0.05) is 32.7 Å². The summed E-state index contributed by atoms with van der Waals surface area (Å²) in [6.45, 7) is 6.92. The number of likely N-dealkylation sites (tertiary alicyclic amines) is 1. The van der Waals surface area contributed by atoms with Crippen molar-refractivity contribution in [2.24, 2.45) is 16.0 Å². The highest BCUT2D eigenvalue weighted by Gasteiger charge is 2.25. The quantitative estimate of drug-likeness (QED) is 0.362. The number of nitrogens with two attached hydrogens (primary N) is 1. The standard InChI is InChI=1S/C18H30N4O4S/c1-3-20-18(22-8-7-16(13-22)14-26-10-9-25-2)21-12-15-5-4-6-17(11-15)27(19,23)24/h4-6,11,16H,3,7-10,12-14H2,1-2H3,(H,20,21)(H2,19,23,24). The maximum Gasteiger partial charge on any atom is 0.238 e. The molecule has 1 heterocycles. The largest absolute Gasteiger partial charge is 0.382 e. The Labute approximate surface area is 161 Å². The molecule has 1 fully saturated rings. The second-order valence-corrected chi connectivity index (χ2v) is 8.09. The molecule has 1 atom stereocenters. The van der Waals surface area contributed by atoms with Crippen molar-refractivity contribution in [1.82, 2.24) is 10.2 Å². The molecule has 1 aliphatic rings. The van der Waals surface area contributed by atoms with Crippen molar-refractivity contribution in [2.45, 2.75) is 24.8 Å². The monoisotopic (exact) mass is 398 g/mol. The summed E-state index contributed by atoms with van der Waals surface area (Å²) in [4.78, 5) is 6.99. The maximum atomic E-state index is 11.5. The van der Waals surface area contributed by atoms with Gasteiger partial charge in [0.2, 0.25) is 10.0 Å². The van der Waals surface area contributed by atoms with E-state index in [1.54, 1.807) is 19.2 Å². The zero-order chi connectivity index (χ0) is 19.7. The SMILES string of the molecule is CCNC(=NCc1cccc(S(N)(=O)=O)c1)N1CCC(COCCOC)C1. The Balaban J connectivity index is 1.97.